The minimum absolute atomic E-state index is 0.136. The summed E-state index contributed by atoms with van der Waals surface area (Å²) in [6.45, 7) is 3.22. The summed E-state index contributed by atoms with van der Waals surface area (Å²) in [4.78, 5) is 0. The van der Waals surface area contributed by atoms with Crippen LogP contribution in [0.3, 0.4) is 0 Å². The van der Waals surface area contributed by atoms with Crippen molar-refractivity contribution < 1.29 is 9.13 Å². The predicted molar refractivity (Wildman–Crippen MR) is 59.6 cm³/mol. The van der Waals surface area contributed by atoms with Crippen molar-refractivity contribution in [1.82, 2.24) is 5.32 Å². The molecular weight excluding hydrogens is 217 g/mol. The molecule has 1 atom stereocenters. The van der Waals surface area contributed by atoms with Crippen molar-refractivity contribution in [3.63, 3.8) is 0 Å². The van der Waals surface area contributed by atoms with Crippen molar-refractivity contribution >= 4 is 11.6 Å². The van der Waals surface area contributed by atoms with E-state index in [0.29, 0.717) is 18.1 Å². The summed E-state index contributed by atoms with van der Waals surface area (Å²) >= 11 is 5.91. The van der Waals surface area contributed by atoms with Crippen LogP contribution in [0.2, 0.25) is 5.02 Å². The lowest BCUT2D eigenvalue weighted by molar-refractivity contribution is 0.117. The maximum Gasteiger partial charge on any atom is 0.123 e. The van der Waals surface area contributed by atoms with Gasteiger partial charge in [-0.25, -0.2) is 4.39 Å². The van der Waals surface area contributed by atoms with Crippen molar-refractivity contribution in [2.24, 2.45) is 0 Å². The van der Waals surface area contributed by atoms with Gasteiger partial charge in [0.2, 0.25) is 0 Å². The summed E-state index contributed by atoms with van der Waals surface area (Å²) in [7, 11) is 1.65. The molecule has 1 N–H and O–H groups in total. The van der Waals surface area contributed by atoms with Gasteiger partial charge in [-0.1, -0.05) is 11.6 Å². The van der Waals surface area contributed by atoms with Crippen molar-refractivity contribution in [3.05, 3.63) is 34.6 Å². The minimum Gasteiger partial charge on any atom is -0.380 e. The highest BCUT2D eigenvalue weighted by Gasteiger charge is 2.03. The second-order valence-corrected chi connectivity index (χ2v) is 3.82. The molecule has 0 aliphatic carbocycles. The third-order valence-corrected chi connectivity index (χ3v) is 2.53. The lowest BCUT2D eigenvalue weighted by atomic mass is 10.2. The van der Waals surface area contributed by atoms with E-state index in [-0.39, 0.29) is 11.9 Å². The molecule has 2 nitrogen and oxygen atoms in total. The normalized spacial score (nSPS) is 12.8. The highest BCUT2D eigenvalue weighted by Crippen LogP contribution is 2.16. The topological polar surface area (TPSA) is 21.3 Å². The molecule has 0 fully saturated rings. The fraction of sp³-hybridized carbons (Fsp3) is 0.455. The van der Waals surface area contributed by atoms with Crippen LogP contribution in [0, 0.1) is 5.82 Å². The zero-order valence-electron chi connectivity index (χ0n) is 8.89. The monoisotopic (exact) mass is 231 g/mol. The van der Waals surface area contributed by atoms with E-state index in [1.807, 2.05) is 6.92 Å². The summed E-state index contributed by atoms with van der Waals surface area (Å²) in [5, 5.41) is 3.72. The maximum absolute atomic E-state index is 12.9. The fourth-order valence-corrected chi connectivity index (χ4v) is 1.36. The molecule has 0 heterocycles. The van der Waals surface area contributed by atoms with Crippen LogP contribution in [0.15, 0.2) is 18.2 Å². The van der Waals surface area contributed by atoms with Crippen molar-refractivity contribution in [3.8, 4) is 0 Å². The van der Waals surface area contributed by atoms with Gasteiger partial charge in [-0.2, -0.15) is 0 Å². The molecule has 0 bridgehead atoms. The first-order valence-electron chi connectivity index (χ1n) is 4.81. The Bertz CT molecular complexity index is 319. The average Bonchev–Trinajstić information content (AvgIpc) is 2.23. The molecule has 1 aromatic carbocycles. The second kappa shape index (κ2) is 6.05. The molecule has 0 aromatic heterocycles. The van der Waals surface area contributed by atoms with Gasteiger partial charge >= 0.3 is 0 Å². The quantitative estimate of drug-likeness (QED) is 0.841. The van der Waals surface area contributed by atoms with Gasteiger partial charge in [0, 0.05) is 25.2 Å². The Kier molecular flexibility index (Phi) is 5.02. The molecule has 4 heteroatoms. The highest BCUT2D eigenvalue weighted by molar-refractivity contribution is 6.31. The molecule has 0 radical (unpaired) electrons. The average molecular weight is 232 g/mol. The Balaban J connectivity index is 2.46. The van der Waals surface area contributed by atoms with Gasteiger partial charge in [0.1, 0.15) is 5.82 Å². The summed E-state index contributed by atoms with van der Waals surface area (Å²) in [5.41, 5.74) is 0.764. The number of nitrogens with one attached hydrogen (secondary N) is 1. The van der Waals surface area contributed by atoms with E-state index >= 15 is 0 Å². The third-order valence-electron chi connectivity index (χ3n) is 2.16. The Labute approximate surface area is 94.4 Å². The summed E-state index contributed by atoms with van der Waals surface area (Å²) in [6.07, 6.45) is 0.136. The molecule has 0 aliphatic heterocycles. The number of hydrogen-bond donors (Lipinski definition) is 1. The molecular formula is C11H15ClFNO. The van der Waals surface area contributed by atoms with Crippen molar-refractivity contribution in [1.29, 1.82) is 0 Å². The Morgan fingerprint density at radius 3 is 2.93 bits per heavy atom. The lowest BCUT2D eigenvalue weighted by Gasteiger charge is -2.11. The maximum atomic E-state index is 12.9. The predicted octanol–water partition coefficient (Wildman–Crippen LogP) is 2.60. The van der Waals surface area contributed by atoms with Crippen molar-refractivity contribution in [2.45, 2.75) is 19.6 Å². The van der Waals surface area contributed by atoms with Crippen LogP contribution < -0.4 is 5.32 Å². The van der Waals surface area contributed by atoms with Crippen LogP contribution >= 0.6 is 11.6 Å². The molecule has 84 valence electrons. The third kappa shape index (κ3) is 4.16. The number of halogens is 2. The lowest BCUT2D eigenvalue weighted by Crippen LogP contribution is -2.25. The number of benzene rings is 1. The van der Waals surface area contributed by atoms with Gasteiger partial charge in [0.05, 0.1) is 6.10 Å². The fourth-order valence-electron chi connectivity index (χ4n) is 1.17. The molecule has 15 heavy (non-hydrogen) atoms. The van der Waals surface area contributed by atoms with Crippen LogP contribution in [0.5, 0.6) is 0 Å². The Morgan fingerprint density at radius 2 is 2.27 bits per heavy atom. The van der Waals surface area contributed by atoms with Crippen LogP contribution in [0.4, 0.5) is 4.39 Å². The molecule has 0 spiro atoms. The van der Waals surface area contributed by atoms with E-state index < -0.39 is 0 Å². The van der Waals surface area contributed by atoms with E-state index in [1.54, 1.807) is 13.2 Å². The molecule has 0 saturated carbocycles. The standard InChI is InChI=1S/C11H15ClFNO/c1-8(15-2)6-14-7-9-5-10(13)3-4-11(9)12/h3-5,8,14H,6-7H2,1-2H3. The van der Waals surface area contributed by atoms with Gasteiger partial charge in [-0.05, 0) is 30.7 Å². The molecule has 0 saturated heterocycles. The number of methoxy groups -OCH3 is 1. The van der Waals surface area contributed by atoms with Gasteiger partial charge in [-0.3, -0.25) is 0 Å². The van der Waals surface area contributed by atoms with Crippen LogP contribution in [-0.4, -0.2) is 19.8 Å². The van der Waals surface area contributed by atoms with Gasteiger partial charge in [-0.15, -0.1) is 0 Å². The van der Waals surface area contributed by atoms with Gasteiger partial charge < -0.3 is 10.1 Å². The first-order valence-corrected chi connectivity index (χ1v) is 5.18. The molecule has 1 unspecified atom stereocenters. The van der Waals surface area contributed by atoms with E-state index in [9.17, 15) is 4.39 Å². The Hall–Kier alpha value is -0.640. The van der Waals surface area contributed by atoms with E-state index in [4.69, 9.17) is 16.3 Å². The molecule has 0 aliphatic rings. The van der Waals surface area contributed by atoms with Crippen molar-refractivity contribution in [2.75, 3.05) is 13.7 Å². The van der Waals surface area contributed by atoms with Gasteiger partial charge in [0.15, 0.2) is 0 Å². The Morgan fingerprint density at radius 1 is 1.53 bits per heavy atom. The number of ether oxygens (including phenoxy) is 1. The van der Waals surface area contributed by atoms with E-state index in [2.05, 4.69) is 5.32 Å². The molecule has 0 amide bonds. The van der Waals surface area contributed by atoms with E-state index in [0.717, 1.165) is 5.56 Å². The van der Waals surface area contributed by atoms with Crippen LogP contribution in [-0.2, 0) is 11.3 Å². The highest BCUT2D eigenvalue weighted by atomic mass is 35.5. The van der Waals surface area contributed by atoms with Crippen LogP contribution in [0.1, 0.15) is 12.5 Å². The van der Waals surface area contributed by atoms with Gasteiger partial charge in [0.25, 0.3) is 0 Å². The largest absolute Gasteiger partial charge is 0.380 e. The minimum atomic E-state index is -0.268. The molecule has 1 aromatic rings. The number of rotatable bonds is 5. The first kappa shape index (κ1) is 12.4. The summed E-state index contributed by atoms with van der Waals surface area (Å²) < 4.78 is 18.0. The summed E-state index contributed by atoms with van der Waals surface area (Å²) in [5.74, 6) is -0.268. The number of hydrogen-bond acceptors (Lipinski definition) is 2. The zero-order valence-corrected chi connectivity index (χ0v) is 9.64. The summed E-state index contributed by atoms with van der Waals surface area (Å²) in [6, 6.07) is 4.35. The second-order valence-electron chi connectivity index (χ2n) is 3.41. The van der Waals surface area contributed by atoms with E-state index in [1.165, 1.54) is 12.1 Å². The SMILES string of the molecule is COC(C)CNCc1cc(F)ccc1Cl. The zero-order chi connectivity index (χ0) is 11.3. The smallest absolute Gasteiger partial charge is 0.123 e. The first-order chi connectivity index (χ1) is 7.13. The molecule has 1 rings (SSSR count). The van der Waals surface area contributed by atoms with Crippen LogP contribution in [0.25, 0.3) is 0 Å².